The molecule has 4 N–H and O–H groups in total. The van der Waals surface area contributed by atoms with Crippen molar-refractivity contribution in [1.29, 1.82) is 0 Å². The van der Waals surface area contributed by atoms with Gasteiger partial charge in [-0.05, 0) is 38.5 Å². The van der Waals surface area contributed by atoms with E-state index in [2.05, 4.69) is 43.5 Å². The van der Waals surface area contributed by atoms with Gasteiger partial charge in [0.1, 0.15) is 6.10 Å². The fourth-order valence-electron chi connectivity index (χ4n) is 6.05. The standard InChI is InChI=1S/C42H79NO4/c1-3-5-7-9-11-13-15-16-17-18-19-20-21-22-23-24-25-26-27-29-31-33-35-37-41(46)42(47)43-39(38-44)40(45)36-34-32-30-28-14-12-10-8-6-4-2/h6,8,14,28,34,36,39-41,44-46H,3-5,7,9-13,15-27,29-33,35,37-38H2,1-2H3,(H,43,47)/b8-6+,28-14+,36-34+. The Kier molecular flexibility index (Phi) is 36.3. The first kappa shape index (κ1) is 45.6. The average Bonchev–Trinajstić information content (AvgIpc) is 3.07. The van der Waals surface area contributed by atoms with E-state index in [1.807, 2.05) is 6.08 Å². The van der Waals surface area contributed by atoms with Crippen LogP contribution in [-0.4, -0.2) is 46.1 Å². The molecule has 0 radical (unpaired) electrons. The van der Waals surface area contributed by atoms with Crippen LogP contribution in [-0.2, 0) is 4.79 Å². The number of aliphatic hydroxyl groups excluding tert-OH is 3. The first-order valence-corrected chi connectivity index (χ1v) is 20.3. The van der Waals surface area contributed by atoms with Gasteiger partial charge in [-0.15, -0.1) is 0 Å². The van der Waals surface area contributed by atoms with Gasteiger partial charge in [0, 0.05) is 0 Å². The summed E-state index contributed by atoms with van der Waals surface area (Å²) in [5.74, 6) is -0.518. The summed E-state index contributed by atoms with van der Waals surface area (Å²) in [4.78, 5) is 12.4. The minimum Gasteiger partial charge on any atom is -0.394 e. The van der Waals surface area contributed by atoms with E-state index in [0.29, 0.717) is 6.42 Å². The quantitative estimate of drug-likeness (QED) is 0.0397. The first-order chi connectivity index (χ1) is 23.1. The molecule has 0 spiro atoms. The van der Waals surface area contributed by atoms with Gasteiger partial charge in [0.05, 0.1) is 18.8 Å². The van der Waals surface area contributed by atoms with Crippen LogP contribution in [0.4, 0.5) is 0 Å². The maximum atomic E-state index is 12.4. The van der Waals surface area contributed by atoms with Gasteiger partial charge in [0.2, 0.25) is 5.91 Å². The average molecular weight is 662 g/mol. The molecule has 0 aliphatic rings. The van der Waals surface area contributed by atoms with Gasteiger partial charge in [-0.2, -0.15) is 0 Å². The fraction of sp³-hybridized carbons (Fsp3) is 0.833. The highest BCUT2D eigenvalue weighted by Crippen LogP contribution is 2.16. The van der Waals surface area contributed by atoms with E-state index in [-0.39, 0.29) is 6.61 Å². The molecule has 47 heavy (non-hydrogen) atoms. The van der Waals surface area contributed by atoms with Crippen molar-refractivity contribution < 1.29 is 20.1 Å². The molecule has 0 aliphatic carbocycles. The second-order valence-electron chi connectivity index (χ2n) is 13.8. The molecule has 1 amide bonds. The summed E-state index contributed by atoms with van der Waals surface area (Å²) in [7, 11) is 0. The van der Waals surface area contributed by atoms with Gasteiger partial charge in [-0.3, -0.25) is 4.79 Å². The molecule has 0 aliphatic heterocycles. The number of nitrogens with one attached hydrogen (secondary N) is 1. The van der Waals surface area contributed by atoms with Gasteiger partial charge in [-0.25, -0.2) is 0 Å². The molecule has 0 rings (SSSR count). The third-order valence-electron chi connectivity index (χ3n) is 9.22. The van der Waals surface area contributed by atoms with Gasteiger partial charge in [-0.1, -0.05) is 198 Å². The molecule has 0 heterocycles. The Balaban J connectivity index is 3.61. The maximum Gasteiger partial charge on any atom is 0.249 e. The minimum absolute atomic E-state index is 0.380. The Morgan fingerprint density at radius 3 is 1.28 bits per heavy atom. The van der Waals surface area contributed by atoms with E-state index in [0.717, 1.165) is 51.4 Å². The van der Waals surface area contributed by atoms with Crippen molar-refractivity contribution in [2.24, 2.45) is 0 Å². The highest BCUT2D eigenvalue weighted by molar-refractivity contribution is 5.80. The lowest BCUT2D eigenvalue weighted by Gasteiger charge is -2.21. The number of hydrogen-bond donors (Lipinski definition) is 4. The van der Waals surface area contributed by atoms with Crippen molar-refractivity contribution in [2.75, 3.05) is 6.61 Å². The van der Waals surface area contributed by atoms with Crippen LogP contribution in [0, 0.1) is 0 Å². The Morgan fingerprint density at radius 1 is 0.532 bits per heavy atom. The molecule has 0 aromatic carbocycles. The molecule has 5 heteroatoms. The number of carbonyl (C=O) groups is 1. The number of carbonyl (C=O) groups excluding carboxylic acids is 1. The van der Waals surface area contributed by atoms with Crippen LogP contribution in [0.2, 0.25) is 0 Å². The smallest absolute Gasteiger partial charge is 0.249 e. The molecule has 276 valence electrons. The maximum absolute atomic E-state index is 12.4. The van der Waals surface area contributed by atoms with Crippen LogP contribution < -0.4 is 5.32 Å². The Bertz CT molecular complexity index is 734. The lowest BCUT2D eigenvalue weighted by Crippen LogP contribution is -2.48. The van der Waals surface area contributed by atoms with Crippen LogP contribution in [0.3, 0.4) is 0 Å². The topological polar surface area (TPSA) is 89.8 Å². The summed E-state index contributed by atoms with van der Waals surface area (Å²) >= 11 is 0. The first-order valence-electron chi connectivity index (χ1n) is 20.3. The highest BCUT2D eigenvalue weighted by atomic mass is 16.3. The van der Waals surface area contributed by atoms with Crippen molar-refractivity contribution in [3.8, 4) is 0 Å². The van der Waals surface area contributed by atoms with E-state index in [1.54, 1.807) is 6.08 Å². The predicted octanol–water partition coefficient (Wildman–Crippen LogP) is 11.2. The molecule has 5 nitrogen and oxygen atoms in total. The normalized spacial score (nSPS) is 14.1. The predicted molar refractivity (Wildman–Crippen MR) is 204 cm³/mol. The number of rotatable bonds is 36. The van der Waals surface area contributed by atoms with Gasteiger partial charge < -0.3 is 20.6 Å². The lowest BCUT2D eigenvalue weighted by molar-refractivity contribution is -0.131. The van der Waals surface area contributed by atoms with Crippen LogP contribution in [0.1, 0.15) is 200 Å². The SMILES string of the molecule is CC/C=C/CC/C=C/CC/C=C/C(O)C(CO)NC(=O)C(O)CCCCCCCCCCCCCCCCCCCCCCCCC. The number of hydrogen-bond acceptors (Lipinski definition) is 4. The molecular formula is C42H79NO4. The summed E-state index contributed by atoms with van der Waals surface area (Å²) in [6.45, 7) is 4.04. The lowest BCUT2D eigenvalue weighted by atomic mass is 10.0. The van der Waals surface area contributed by atoms with Crippen LogP contribution in [0.25, 0.3) is 0 Å². The number of amides is 1. The zero-order valence-electron chi connectivity index (χ0n) is 31.2. The van der Waals surface area contributed by atoms with E-state index in [1.165, 1.54) is 128 Å². The molecule has 0 saturated heterocycles. The molecular weight excluding hydrogens is 582 g/mol. The minimum atomic E-state index is -1.10. The molecule has 0 aromatic rings. The molecule has 3 unspecified atom stereocenters. The van der Waals surface area contributed by atoms with E-state index < -0.39 is 24.2 Å². The number of allylic oxidation sites excluding steroid dienone is 5. The number of unbranched alkanes of at least 4 members (excludes halogenated alkanes) is 24. The molecule has 0 aromatic heterocycles. The second kappa shape index (κ2) is 37.4. The van der Waals surface area contributed by atoms with Crippen LogP contribution in [0.15, 0.2) is 36.5 Å². The molecule has 0 bridgehead atoms. The Labute approximate surface area is 292 Å². The van der Waals surface area contributed by atoms with Crippen molar-refractivity contribution >= 4 is 5.91 Å². The second-order valence-corrected chi connectivity index (χ2v) is 13.8. The third kappa shape index (κ3) is 32.9. The van der Waals surface area contributed by atoms with Crippen molar-refractivity contribution in [2.45, 2.75) is 218 Å². The summed E-state index contributed by atoms with van der Waals surface area (Å²) in [5.41, 5.74) is 0. The van der Waals surface area contributed by atoms with E-state index >= 15 is 0 Å². The van der Waals surface area contributed by atoms with Gasteiger partial charge in [0.25, 0.3) is 0 Å². The van der Waals surface area contributed by atoms with E-state index in [9.17, 15) is 20.1 Å². The number of aliphatic hydroxyl groups is 3. The Hall–Kier alpha value is -1.43. The van der Waals surface area contributed by atoms with Gasteiger partial charge in [0.15, 0.2) is 0 Å². The van der Waals surface area contributed by atoms with Crippen LogP contribution >= 0.6 is 0 Å². The third-order valence-corrected chi connectivity index (χ3v) is 9.22. The van der Waals surface area contributed by atoms with Gasteiger partial charge >= 0.3 is 0 Å². The summed E-state index contributed by atoms with van der Waals surface area (Å²) in [6.07, 6.45) is 46.2. The zero-order chi connectivity index (χ0) is 34.5. The monoisotopic (exact) mass is 662 g/mol. The van der Waals surface area contributed by atoms with Crippen LogP contribution in [0.5, 0.6) is 0 Å². The fourth-order valence-corrected chi connectivity index (χ4v) is 6.05. The van der Waals surface area contributed by atoms with Crippen molar-refractivity contribution in [3.05, 3.63) is 36.5 Å². The van der Waals surface area contributed by atoms with Crippen molar-refractivity contribution in [3.63, 3.8) is 0 Å². The summed E-state index contributed by atoms with van der Waals surface area (Å²) in [6, 6.07) is -0.816. The molecule has 3 atom stereocenters. The largest absolute Gasteiger partial charge is 0.394 e. The zero-order valence-corrected chi connectivity index (χ0v) is 31.2. The van der Waals surface area contributed by atoms with Crippen molar-refractivity contribution in [1.82, 2.24) is 5.32 Å². The highest BCUT2D eigenvalue weighted by Gasteiger charge is 2.22. The van der Waals surface area contributed by atoms with E-state index in [4.69, 9.17) is 0 Å². The Morgan fingerprint density at radius 2 is 0.894 bits per heavy atom. The molecule has 0 fully saturated rings. The molecule has 0 saturated carbocycles. The summed E-state index contributed by atoms with van der Waals surface area (Å²) in [5, 5.41) is 32.9. The summed E-state index contributed by atoms with van der Waals surface area (Å²) < 4.78 is 0.